The molecule has 2 rings (SSSR count). The summed E-state index contributed by atoms with van der Waals surface area (Å²) >= 11 is 1.40. The Morgan fingerprint density at radius 3 is 2.86 bits per heavy atom. The first-order valence-electron chi connectivity index (χ1n) is 6.49. The molecule has 0 unspecified atom stereocenters. The molecule has 0 fully saturated rings. The van der Waals surface area contributed by atoms with Crippen LogP contribution in [0.5, 0.6) is 5.75 Å². The van der Waals surface area contributed by atoms with E-state index in [9.17, 15) is 13.2 Å². The number of aromatic nitrogens is 1. The Morgan fingerprint density at radius 2 is 2.14 bits per heavy atom. The van der Waals surface area contributed by atoms with E-state index in [0.29, 0.717) is 17.1 Å². The molecule has 0 bridgehead atoms. The number of benzene rings is 1. The molecule has 0 aliphatic rings. The fourth-order valence-corrected chi connectivity index (χ4v) is 2.56. The summed E-state index contributed by atoms with van der Waals surface area (Å²) in [6, 6.07) is 5.85. The number of hydrogen-bond donors (Lipinski definition) is 1. The lowest BCUT2D eigenvalue weighted by Crippen LogP contribution is -2.17. The third kappa shape index (κ3) is 5.02. The highest BCUT2D eigenvalue weighted by molar-refractivity contribution is 7.13. The van der Waals surface area contributed by atoms with Crippen molar-refractivity contribution in [1.82, 2.24) is 10.3 Å². The standard InChI is InChI=1S/C14H15F3N2OS/c1-2-6-18-8-11-9-21-13(19-11)10-4-3-5-12(7-10)20-14(15,16)17/h3-5,7,9,18H,2,6,8H2,1H3. The minimum absolute atomic E-state index is 0.235. The van der Waals surface area contributed by atoms with E-state index in [1.807, 2.05) is 5.38 Å². The predicted octanol–water partition coefficient (Wildman–Crippen LogP) is 4.21. The molecule has 2 aromatic rings. The van der Waals surface area contributed by atoms with Gasteiger partial charge in [0.05, 0.1) is 5.69 Å². The van der Waals surface area contributed by atoms with Crippen LogP contribution in [0, 0.1) is 0 Å². The molecule has 3 nitrogen and oxygen atoms in total. The highest BCUT2D eigenvalue weighted by atomic mass is 32.1. The van der Waals surface area contributed by atoms with Crippen molar-refractivity contribution in [1.29, 1.82) is 0 Å². The second-order valence-corrected chi connectivity index (χ2v) is 5.25. The Hall–Kier alpha value is -1.60. The van der Waals surface area contributed by atoms with Crippen LogP contribution in [0.3, 0.4) is 0 Å². The van der Waals surface area contributed by atoms with Gasteiger partial charge in [-0.2, -0.15) is 0 Å². The molecule has 0 radical (unpaired) electrons. The molecule has 0 aliphatic carbocycles. The van der Waals surface area contributed by atoms with Crippen molar-refractivity contribution in [3.8, 4) is 16.3 Å². The Labute approximate surface area is 124 Å². The Morgan fingerprint density at radius 1 is 1.33 bits per heavy atom. The van der Waals surface area contributed by atoms with Gasteiger partial charge in [-0.3, -0.25) is 0 Å². The molecule has 0 atom stereocenters. The maximum absolute atomic E-state index is 12.2. The molecule has 1 heterocycles. The largest absolute Gasteiger partial charge is 0.573 e. The molecule has 0 saturated heterocycles. The number of nitrogens with one attached hydrogen (secondary N) is 1. The molecule has 1 aromatic carbocycles. The van der Waals surface area contributed by atoms with Crippen molar-refractivity contribution in [3.05, 3.63) is 35.3 Å². The third-order valence-corrected chi connectivity index (χ3v) is 3.54. The average Bonchev–Trinajstić information content (AvgIpc) is 2.86. The van der Waals surface area contributed by atoms with Gasteiger partial charge in [-0.1, -0.05) is 19.1 Å². The molecule has 0 amide bonds. The lowest BCUT2D eigenvalue weighted by Gasteiger charge is -2.09. The van der Waals surface area contributed by atoms with E-state index in [0.717, 1.165) is 18.7 Å². The Balaban J connectivity index is 2.09. The van der Waals surface area contributed by atoms with Crippen LogP contribution in [0.4, 0.5) is 13.2 Å². The van der Waals surface area contributed by atoms with Gasteiger partial charge in [0.25, 0.3) is 0 Å². The average molecular weight is 316 g/mol. The van der Waals surface area contributed by atoms with Crippen molar-refractivity contribution < 1.29 is 17.9 Å². The van der Waals surface area contributed by atoms with Crippen LogP contribution in [-0.4, -0.2) is 17.9 Å². The second kappa shape index (κ2) is 6.91. The molecular weight excluding hydrogens is 301 g/mol. The van der Waals surface area contributed by atoms with Crippen molar-refractivity contribution in [2.24, 2.45) is 0 Å². The van der Waals surface area contributed by atoms with Crippen molar-refractivity contribution >= 4 is 11.3 Å². The van der Waals surface area contributed by atoms with Crippen LogP contribution in [0.1, 0.15) is 19.0 Å². The fraction of sp³-hybridized carbons (Fsp3) is 0.357. The van der Waals surface area contributed by atoms with Crippen molar-refractivity contribution in [2.75, 3.05) is 6.54 Å². The quantitative estimate of drug-likeness (QED) is 0.811. The zero-order valence-corrected chi connectivity index (χ0v) is 12.2. The molecule has 1 N–H and O–H groups in total. The van der Waals surface area contributed by atoms with Crippen LogP contribution in [0.15, 0.2) is 29.6 Å². The van der Waals surface area contributed by atoms with Crippen LogP contribution in [0.25, 0.3) is 10.6 Å². The van der Waals surface area contributed by atoms with E-state index >= 15 is 0 Å². The topological polar surface area (TPSA) is 34.1 Å². The summed E-state index contributed by atoms with van der Waals surface area (Å²) in [5.74, 6) is -0.235. The Kier molecular flexibility index (Phi) is 5.19. The smallest absolute Gasteiger partial charge is 0.406 e. The summed E-state index contributed by atoms with van der Waals surface area (Å²) in [6.07, 6.45) is -3.65. The summed E-state index contributed by atoms with van der Waals surface area (Å²) in [6.45, 7) is 3.64. The molecule has 0 aliphatic heterocycles. The monoisotopic (exact) mass is 316 g/mol. The van der Waals surface area contributed by atoms with E-state index in [4.69, 9.17) is 0 Å². The second-order valence-electron chi connectivity index (χ2n) is 4.40. The maximum atomic E-state index is 12.2. The number of hydrogen-bond acceptors (Lipinski definition) is 4. The number of rotatable bonds is 6. The maximum Gasteiger partial charge on any atom is 0.573 e. The summed E-state index contributed by atoms with van der Waals surface area (Å²) in [4.78, 5) is 4.41. The molecular formula is C14H15F3N2OS. The van der Waals surface area contributed by atoms with E-state index < -0.39 is 6.36 Å². The van der Waals surface area contributed by atoms with Gasteiger partial charge in [0.1, 0.15) is 10.8 Å². The molecule has 21 heavy (non-hydrogen) atoms. The van der Waals surface area contributed by atoms with E-state index in [1.54, 1.807) is 6.07 Å². The molecule has 1 aromatic heterocycles. The van der Waals surface area contributed by atoms with Gasteiger partial charge >= 0.3 is 6.36 Å². The minimum atomic E-state index is -4.68. The molecule has 7 heteroatoms. The first-order valence-corrected chi connectivity index (χ1v) is 7.37. The molecule has 0 spiro atoms. The van der Waals surface area contributed by atoms with E-state index in [1.165, 1.54) is 29.5 Å². The molecule has 0 saturated carbocycles. The van der Waals surface area contributed by atoms with Gasteiger partial charge in [-0.15, -0.1) is 24.5 Å². The first kappa shape index (κ1) is 15.8. The summed E-state index contributed by atoms with van der Waals surface area (Å²) in [7, 11) is 0. The van der Waals surface area contributed by atoms with Gasteiger partial charge in [0.2, 0.25) is 0 Å². The van der Waals surface area contributed by atoms with Gasteiger partial charge in [-0.25, -0.2) is 4.98 Å². The van der Waals surface area contributed by atoms with Gasteiger partial charge in [-0.05, 0) is 25.1 Å². The summed E-state index contributed by atoms with van der Waals surface area (Å²) < 4.78 is 40.5. The van der Waals surface area contributed by atoms with Gasteiger partial charge in [0.15, 0.2) is 0 Å². The lowest BCUT2D eigenvalue weighted by atomic mass is 10.2. The SMILES string of the molecule is CCCNCc1csc(-c2cccc(OC(F)(F)F)c2)n1. The van der Waals surface area contributed by atoms with Gasteiger partial charge < -0.3 is 10.1 Å². The van der Waals surface area contributed by atoms with Crippen molar-refractivity contribution in [2.45, 2.75) is 26.3 Å². The van der Waals surface area contributed by atoms with E-state index in [2.05, 4.69) is 22.0 Å². The zero-order chi connectivity index (χ0) is 15.3. The normalized spacial score (nSPS) is 11.6. The van der Waals surface area contributed by atoms with Crippen molar-refractivity contribution in [3.63, 3.8) is 0 Å². The first-order chi connectivity index (χ1) is 9.98. The predicted molar refractivity (Wildman–Crippen MR) is 76.2 cm³/mol. The van der Waals surface area contributed by atoms with Gasteiger partial charge in [0, 0.05) is 17.5 Å². The third-order valence-electron chi connectivity index (χ3n) is 2.60. The zero-order valence-electron chi connectivity index (χ0n) is 11.4. The number of ether oxygens (including phenoxy) is 1. The highest BCUT2D eigenvalue weighted by Gasteiger charge is 2.31. The Bertz CT molecular complexity index is 584. The van der Waals surface area contributed by atoms with Crippen LogP contribution in [0.2, 0.25) is 0 Å². The number of thiazole rings is 1. The van der Waals surface area contributed by atoms with Crippen LogP contribution in [-0.2, 0) is 6.54 Å². The number of nitrogens with zero attached hydrogens (tertiary/aromatic N) is 1. The summed E-state index contributed by atoms with van der Waals surface area (Å²) in [5.41, 5.74) is 1.49. The number of alkyl halides is 3. The van der Waals surface area contributed by atoms with E-state index in [-0.39, 0.29) is 5.75 Å². The lowest BCUT2D eigenvalue weighted by molar-refractivity contribution is -0.274. The summed E-state index contributed by atoms with van der Waals surface area (Å²) in [5, 5.41) is 5.80. The van der Waals surface area contributed by atoms with Crippen LogP contribution < -0.4 is 10.1 Å². The minimum Gasteiger partial charge on any atom is -0.406 e. The van der Waals surface area contributed by atoms with Crippen LogP contribution >= 0.6 is 11.3 Å². The molecule has 114 valence electrons. The highest BCUT2D eigenvalue weighted by Crippen LogP contribution is 2.29. The number of halogens is 3. The fourth-order valence-electron chi connectivity index (χ4n) is 1.74.